The molecule has 0 unspecified atom stereocenters. The van der Waals surface area contributed by atoms with Gasteiger partial charge in [-0.15, -0.1) is 0 Å². The van der Waals surface area contributed by atoms with Crippen molar-refractivity contribution in [3.05, 3.63) is 41.1 Å². The number of carboxylic acids is 1. The normalized spacial score (nSPS) is 10.5. The predicted molar refractivity (Wildman–Crippen MR) is 61.3 cm³/mol. The van der Waals surface area contributed by atoms with Crippen molar-refractivity contribution in [1.29, 1.82) is 0 Å². The molecule has 0 bridgehead atoms. The van der Waals surface area contributed by atoms with Crippen LogP contribution >= 0.6 is 0 Å². The molecule has 0 spiro atoms. The minimum Gasteiger partial charge on any atom is -0.477 e. The van der Waals surface area contributed by atoms with Crippen molar-refractivity contribution in [2.24, 2.45) is 7.05 Å². The molecule has 100 valence electrons. The Labute approximate surface area is 107 Å². The summed E-state index contributed by atoms with van der Waals surface area (Å²) < 4.78 is 32.3. The van der Waals surface area contributed by atoms with E-state index < -0.39 is 17.6 Å². The van der Waals surface area contributed by atoms with Crippen LogP contribution < -0.4 is 4.74 Å². The second-order valence-corrected chi connectivity index (χ2v) is 3.87. The van der Waals surface area contributed by atoms with Gasteiger partial charge in [-0.1, -0.05) is 0 Å². The summed E-state index contributed by atoms with van der Waals surface area (Å²) in [6.07, 6.45) is 0. The van der Waals surface area contributed by atoms with Gasteiger partial charge in [0, 0.05) is 13.1 Å². The summed E-state index contributed by atoms with van der Waals surface area (Å²) in [5, 5.41) is 13.0. The van der Waals surface area contributed by atoms with E-state index in [2.05, 4.69) is 5.10 Å². The van der Waals surface area contributed by atoms with Crippen molar-refractivity contribution in [3.8, 4) is 11.6 Å². The van der Waals surface area contributed by atoms with Crippen molar-refractivity contribution in [2.45, 2.75) is 6.92 Å². The molecule has 0 aliphatic heterocycles. The molecule has 19 heavy (non-hydrogen) atoms. The van der Waals surface area contributed by atoms with Gasteiger partial charge in [0.1, 0.15) is 11.3 Å². The first-order chi connectivity index (χ1) is 8.90. The highest BCUT2D eigenvalue weighted by molar-refractivity contribution is 5.91. The van der Waals surface area contributed by atoms with Crippen LogP contribution in [0, 0.1) is 18.6 Å². The monoisotopic (exact) mass is 268 g/mol. The highest BCUT2D eigenvalue weighted by atomic mass is 19.2. The van der Waals surface area contributed by atoms with Crippen molar-refractivity contribution in [2.75, 3.05) is 0 Å². The van der Waals surface area contributed by atoms with E-state index in [4.69, 9.17) is 9.84 Å². The van der Waals surface area contributed by atoms with E-state index in [1.165, 1.54) is 24.7 Å². The maximum absolute atomic E-state index is 13.1. The molecule has 0 saturated carbocycles. The zero-order chi connectivity index (χ0) is 14.2. The van der Waals surface area contributed by atoms with Crippen LogP contribution in [0.5, 0.6) is 11.6 Å². The van der Waals surface area contributed by atoms with Gasteiger partial charge < -0.3 is 9.84 Å². The molecule has 0 fully saturated rings. The Morgan fingerprint density at radius 1 is 1.37 bits per heavy atom. The molecule has 1 aromatic carbocycles. The maximum Gasteiger partial charge on any atom is 0.343 e. The fourth-order valence-electron chi connectivity index (χ4n) is 1.65. The largest absolute Gasteiger partial charge is 0.477 e. The van der Waals surface area contributed by atoms with Gasteiger partial charge in [0.15, 0.2) is 11.6 Å². The first-order valence-electron chi connectivity index (χ1n) is 5.30. The number of hydrogen-bond donors (Lipinski definition) is 1. The van der Waals surface area contributed by atoms with Crippen LogP contribution in [0.4, 0.5) is 8.78 Å². The topological polar surface area (TPSA) is 64.4 Å². The number of nitrogens with zero attached hydrogens (tertiary/aromatic N) is 2. The molecular formula is C12H10F2N2O3. The van der Waals surface area contributed by atoms with Gasteiger partial charge in [-0.05, 0) is 19.1 Å². The van der Waals surface area contributed by atoms with E-state index in [9.17, 15) is 13.6 Å². The molecule has 0 aliphatic carbocycles. The third-order valence-corrected chi connectivity index (χ3v) is 2.49. The van der Waals surface area contributed by atoms with Crippen LogP contribution in [0.25, 0.3) is 0 Å². The average molecular weight is 268 g/mol. The number of carboxylic acid groups (broad SMARTS) is 1. The van der Waals surface area contributed by atoms with Crippen molar-refractivity contribution in [3.63, 3.8) is 0 Å². The summed E-state index contributed by atoms with van der Waals surface area (Å²) in [6, 6.07) is 2.93. The average Bonchev–Trinajstić information content (AvgIpc) is 2.59. The minimum absolute atomic E-state index is 0.00981. The third kappa shape index (κ3) is 2.40. The fraction of sp³-hybridized carbons (Fsp3) is 0.167. The van der Waals surface area contributed by atoms with E-state index in [-0.39, 0.29) is 22.9 Å². The lowest BCUT2D eigenvalue weighted by atomic mass is 10.2. The van der Waals surface area contributed by atoms with Gasteiger partial charge in [0.05, 0.1) is 5.69 Å². The van der Waals surface area contributed by atoms with E-state index >= 15 is 0 Å². The zero-order valence-corrected chi connectivity index (χ0v) is 10.1. The van der Waals surface area contributed by atoms with Gasteiger partial charge >= 0.3 is 5.97 Å². The van der Waals surface area contributed by atoms with Crippen LogP contribution in [0.1, 0.15) is 16.1 Å². The molecule has 1 N–H and O–H groups in total. The second-order valence-electron chi connectivity index (χ2n) is 3.87. The Balaban J connectivity index is 2.43. The number of ether oxygens (including phenoxy) is 1. The van der Waals surface area contributed by atoms with Crippen LogP contribution in [-0.2, 0) is 7.05 Å². The summed E-state index contributed by atoms with van der Waals surface area (Å²) in [6.45, 7) is 1.52. The molecule has 0 aliphatic rings. The Morgan fingerprint density at radius 2 is 2.05 bits per heavy atom. The Kier molecular flexibility index (Phi) is 3.20. The predicted octanol–water partition coefficient (Wildman–Crippen LogP) is 2.50. The first kappa shape index (κ1) is 13.0. The summed E-state index contributed by atoms with van der Waals surface area (Å²) in [5.41, 5.74) is 0.153. The fourth-order valence-corrected chi connectivity index (χ4v) is 1.65. The van der Waals surface area contributed by atoms with Gasteiger partial charge in [0.25, 0.3) is 0 Å². The molecular weight excluding hydrogens is 258 g/mol. The van der Waals surface area contributed by atoms with Crippen LogP contribution in [-0.4, -0.2) is 20.9 Å². The van der Waals surface area contributed by atoms with E-state index in [0.29, 0.717) is 0 Å². The highest BCUT2D eigenvalue weighted by Gasteiger charge is 2.21. The Bertz CT molecular complexity index is 653. The minimum atomic E-state index is -1.21. The number of hydrogen-bond acceptors (Lipinski definition) is 3. The second kappa shape index (κ2) is 4.68. The van der Waals surface area contributed by atoms with Gasteiger partial charge in [-0.2, -0.15) is 5.10 Å². The summed E-state index contributed by atoms with van der Waals surface area (Å²) >= 11 is 0. The smallest absolute Gasteiger partial charge is 0.343 e. The number of benzene rings is 1. The number of aryl methyl sites for hydroxylation is 2. The van der Waals surface area contributed by atoms with E-state index in [1.807, 2.05) is 0 Å². The molecule has 1 aromatic heterocycles. The summed E-state index contributed by atoms with van der Waals surface area (Å²) in [7, 11) is 1.49. The number of halogens is 2. The van der Waals surface area contributed by atoms with Crippen LogP contribution in [0.2, 0.25) is 0 Å². The summed E-state index contributed by atoms with van der Waals surface area (Å²) in [4.78, 5) is 11.1. The van der Waals surface area contributed by atoms with Crippen molar-refractivity contribution < 1.29 is 23.4 Å². The van der Waals surface area contributed by atoms with Gasteiger partial charge in [-0.3, -0.25) is 0 Å². The lowest BCUT2D eigenvalue weighted by molar-refractivity contribution is 0.0693. The molecule has 0 radical (unpaired) electrons. The molecule has 1 heterocycles. The first-order valence-corrected chi connectivity index (χ1v) is 5.30. The standard InChI is InChI=1S/C12H10F2N2O3/c1-6-10(12(17)18)11(16(2)15-6)19-7-3-4-8(13)9(14)5-7/h3-5H,1-2H3,(H,17,18). The molecule has 0 saturated heterocycles. The number of aromatic carboxylic acids is 1. The van der Waals surface area contributed by atoms with Crippen molar-refractivity contribution >= 4 is 5.97 Å². The number of carbonyl (C=O) groups is 1. The SMILES string of the molecule is Cc1nn(C)c(Oc2ccc(F)c(F)c2)c1C(=O)O. The third-order valence-electron chi connectivity index (χ3n) is 2.49. The summed E-state index contributed by atoms with van der Waals surface area (Å²) in [5.74, 6) is -3.34. The lowest BCUT2D eigenvalue weighted by Crippen LogP contribution is -2.02. The van der Waals surface area contributed by atoms with Crippen molar-refractivity contribution in [1.82, 2.24) is 9.78 Å². The molecule has 0 amide bonds. The molecule has 2 aromatic rings. The molecule has 2 rings (SSSR count). The van der Waals surface area contributed by atoms with Crippen LogP contribution in [0.15, 0.2) is 18.2 Å². The van der Waals surface area contributed by atoms with Gasteiger partial charge in [-0.25, -0.2) is 18.3 Å². The molecule has 5 nitrogen and oxygen atoms in total. The quantitative estimate of drug-likeness (QED) is 0.928. The lowest BCUT2D eigenvalue weighted by Gasteiger charge is -2.07. The Morgan fingerprint density at radius 3 is 2.63 bits per heavy atom. The van der Waals surface area contributed by atoms with E-state index in [1.54, 1.807) is 0 Å². The molecule has 7 heteroatoms. The van der Waals surface area contributed by atoms with Crippen LogP contribution in [0.3, 0.4) is 0 Å². The maximum atomic E-state index is 13.1. The highest BCUT2D eigenvalue weighted by Crippen LogP contribution is 2.28. The molecule has 0 atom stereocenters. The number of aromatic nitrogens is 2. The number of rotatable bonds is 3. The zero-order valence-electron chi connectivity index (χ0n) is 10.1. The van der Waals surface area contributed by atoms with E-state index in [0.717, 1.165) is 12.1 Å². The Hall–Kier alpha value is -2.44. The van der Waals surface area contributed by atoms with Gasteiger partial charge in [0.2, 0.25) is 5.88 Å².